The van der Waals surface area contributed by atoms with Crippen molar-refractivity contribution >= 4 is 55.7 Å². The average molecular weight is 548 g/mol. The van der Waals surface area contributed by atoms with E-state index in [2.05, 4.69) is 31.6 Å². The number of halogens is 2. The van der Waals surface area contributed by atoms with Gasteiger partial charge in [0.1, 0.15) is 15.6 Å². The lowest BCUT2D eigenvalue weighted by atomic mass is 10.2. The molecular formula is C16H27BrIN3O3S. The van der Waals surface area contributed by atoms with Crippen molar-refractivity contribution in [3.8, 4) is 5.75 Å². The van der Waals surface area contributed by atoms with E-state index in [1.165, 1.54) is 6.26 Å². The number of nitrogens with one attached hydrogen (secondary N) is 2. The summed E-state index contributed by atoms with van der Waals surface area (Å²) in [6.07, 6.45) is 1.79. The summed E-state index contributed by atoms with van der Waals surface area (Å²) in [5.41, 5.74) is 1.05. The molecule has 0 aromatic heterocycles. The molecule has 1 aromatic carbocycles. The van der Waals surface area contributed by atoms with Gasteiger partial charge in [-0.15, -0.1) is 24.0 Å². The molecule has 0 saturated carbocycles. The molecule has 1 atom stereocenters. The summed E-state index contributed by atoms with van der Waals surface area (Å²) in [6.45, 7) is 5.18. The standard InChI is InChI=1S/C16H26BrN3O3S.HI/c1-5-18-16(20-12(2)8-9-24(4,21)22)19-11-13-6-7-15(23-3)14(17)10-13;/h6-7,10,12H,5,8-9,11H2,1-4H3,(H2,18,19,20);1H. The van der Waals surface area contributed by atoms with Crippen LogP contribution < -0.4 is 15.4 Å². The molecular weight excluding hydrogens is 521 g/mol. The van der Waals surface area contributed by atoms with Crippen molar-refractivity contribution in [2.24, 2.45) is 4.99 Å². The minimum Gasteiger partial charge on any atom is -0.496 e. The second-order valence-electron chi connectivity index (χ2n) is 5.63. The van der Waals surface area contributed by atoms with Crippen LogP contribution in [0.1, 0.15) is 25.8 Å². The molecule has 25 heavy (non-hydrogen) atoms. The van der Waals surface area contributed by atoms with Crippen LogP contribution >= 0.6 is 39.9 Å². The molecule has 9 heteroatoms. The summed E-state index contributed by atoms with van der Waals surface area (Å²) in [5, 5.41) is 6.41. The molecule has 0 aliphatic rings. The maximum Gasteiger partial charge on any atom is 0.191 e. The van der Waals surface area contributed by atoms with E-state index in [1.54, 1.807) is 7.11 Å². The predicted molar refractivity (Wildman–Crippen MR) is 118 cm³/mol. The highest BCUT2D eigenvalue weighted by atomic mass is 127. The lowest BCUT2D eigenvalue weighted by Crippen LogP contribution is -2.42. The number of benzene rings is 1. The molecule has 0 aliphatic heterocycles. The van der Waals surface area contributed by atoms with Gasteiger partial charge in [0.15, 0.2) is 5.96 Å². The van der Waals surface area contributed by atoms with Gasteiger partial charge in [0.2, 0.25) is 0 Å². The first-order valence-corrected chi connectivity index (χ1v) is 10.7. The minimum absolute atomic E-state index is 0. The highest BCUT2D eigenvalue weighted by Gasteiger charge is 2.09. The van der Waals surface area contributed by atoms with E-state index >= 15 is 0 Å². The molecule has 0 spiro atoms. The molecule has 144 valence electrons. The van der Waals surface area contributed by atoms with Crippen LogP contribution in [0.15, 0.2) is 27.7 Å². The molecule has 0 saturated heterocycles. The molecule has 0 bridgehead atoms. The van der Waals surface area contributed by atoms with E-state index in [9.17, 15) is 8.42 Å². The second kappa shape index (κ2) is 11.9. The van der Waals surface area contributed by atoms with Crippen molar-refractivity contribution < 1.29 is 13.2 Å². The van der Waals surface area contributed by atoms with Crippen molar-refractivity contribution in [1.29, 1.82) is 0 Å². The van der Waals surface area contributed by atoms with Crippen LogP contribution in [0, 0.1) is 0 Å². The summed E-state index contributed by atoms with van der Waals surface area (Å²) in [7, 11) is -1.32. The van der Waals surface area contributed by atoms with Gasteiger partial charge >= 0.3 is 0 Å². The number of guanidine groups is 1. The van der Waals surface area contributed by atoms with Crippen LogP contribution in [-0.2, 0) is 16.4 Å². The summed E-state index contributed by atoms with van der Waals surface area (Å²) < 4.78 is 28.6. The van der Waals surface area contributed by atoms with E-state index in [1.807, 2.05) is 32.0 Å². The molecule has 1 rings (SSSR count). The maximum atomic E-state index is 11.3. The average Bonchev–Trinajstić information content (AvgIpc) is 2.50. The van der Waals surface area contributed by atoms with Gasteiger partial charge in [-0.25, -0.2) is 13.4 Å². The number of methoxy groups -OCH3 is 1. The Hall–Kier alpha value is -0.550. The lowest BCUT2D eigenvalue weighted by Gasteiger charge is -2.17. The van der Waals surface area contributed by atoms with Gasteiger partial charge in [-0.05, 0) is 53.9 Å². The monoisotopic (exact) mass is 547 g/mol. The van der Waals surface area contributed by atoms with Gasteiger partial charge in [-0.3, -0.25) is 0 Å². The third kappa shape index (κ3) is 10.2. The first-order chi connectivity index (χ1) is 11.2. The van der Waals surface area contributed by atoms with Crippen LogP contribution in [0.2, 0.25) is 0 Å². The van der Waals surface area contributed by atoms with Crippen molar-refractivity contribution in [2.75, 3.05) is 25.7 Å². The number of aliphatic imine (C=N–C) groups is 1. The zero-order chi connectivity index (χ0) is 18.2. The van der Waals surface area contributed by atoms with Crippen LogP contribution in [0.25, 0.3) is 0 Å². The Morgan fingerprint density at radius 3 is 2.60 bits per heavy atom. The summed E-state index contributed by atoms with van der Waals surface area (Å²) in [4.78, 5) is 4.55. The molecule has 0 aliphatic carbocycles. The highest BCUT2D eigenvalue weighted by molar-refractivity contribution is 14.0. The van der Waals surface area contributed by atoms with Crippen molar-refractivity contribution in [3.63, 3.8) is 0 Å². The van der Waals surface area contributed by atoms with Crippen LogP contribution in [-0.4, -0.2) is 46.1 Å². The fourth-order valence-corrected chi connectivity index (χ4v) is 3.36. The van der Waals surface area contributed by atoms with Gasteiger partial charge < -0.3 is 15.4 Å². The first-order valence-electron chi connectivity index (χ1n) is 7.80. The summed E-state index contributed by atoms with van der Waals surface area (Å²) in [6, 6.07) is 5.84. The normalized spacial score (nSPS) is 12.9. The molecule has 0 radical (unpaired) electrons. The molecule has 0 heterocycles. The zero-order valence-electron chi connectivity index (χ0n) is 15.0. The number of nitrogens with zero attached hydrogens (tertiary/aromatic N) is 1. The van der Waals surface area contributed by atoms with E-state index in [-0.39, 0.29) is 35.8 Å². The van der Waals surface area contributed by atoms with Crippen molar-refractivity contribution in [1.82, 2.24) is 10.6 Å². The van der Waals surface area contributed by atoms with Crippen molar-refractivity contribution in [2.45, 2.75) is 32.9 Å². The Kier molecular flexibility index (Phi) is 11.7. The SMILES string of the molecule is CCNC(=NCc1ccc(OC)c(Br)c1)NC(C)CCS(C)(=O)=O.I. The van der Waals surface area contributed by atoms with E-state index < -0.39 is 9.84 Å². The third-order valence-corrected chi connectivity index (χ3v) is 4.88. The number of hydrogen-bond donors (Lipinski definition) is 2. The van der Waals surface area contributed by atoms with Gasteiger partial charge in [0.05, 0.1) is 23.9 Å². The molecule has 2 N–H and O–H groups in total. The van der Waals surface area contributed by atoms with Crippen LogP contribution in [0.4, 0.5) is 0 Å². The Balaban J connectivity index is 0.00000576. The Morgan fingerprint density at radius 2 is 2.08 bits per heavy atom. The molecule has 0 fully saturated rings. The number of rotatable bonds is 8. The topological polar surface area (TPSA) is 79.8 Å². The van der Waals surface area contributed by atoms with Gasteiger partial charge in [0, 0.05) is 18.8 Å². The largest absolute Gasteiger partial charge is 0.496 e. The van der Waals surface area contributed by atoms with E-state index in [0.29, 0.717) is 18.9 Å². The van der Waals surface area contributed by atoms with Gasteiger partial charge in [0.25, 0.3) is 0 Å². The lowest BCUT2D eigenvalue weighted by molar-refractivity contribution is 0.412. The number of sulfone groups is 1. The van der Waals surface area contributed by atoms with E-state index in [4.69, 9.17) is 4.74 Å². The predicted octanol–water partition coefficient (Wildman–Crippen LogP) is 2.95. The Bertz CT molecular complexity index is 669. The second-order valence-corrected chi connectivity index (χ2v) is 8.74. The van der Waals surface area contributed by atoms with Crippen LogP contribution in [0.5, 0.6) is 5.75 Å². The number of hydrogen-bond acceptors (Lipinski definition) is 4. The van der Waals surface area contributed by atoms with Gasteiger partial charge in [-0.1, -0.05) is 6.07 Å². The fraction of sp³-hybridized carbons (Fsp3) is 0.562. The van der Waals surface area contributed by atoms with E-state index in [0.717, 1.165) is 22.3 Å². The third-order valence-electron chi connectivity index (χ3n) is 3.28. The molecule has 0 amide bonds. The Morgan fingerprint density at radius 1 is 1.40 bits per heavy atom. The molecule has 1 aromatic rings. The first kappa shape index (κ1) is 24.5. The number of ether oxygens (including phenoxy) is 1. The maximum absolute atomic E-state index is 11.3. The minimum atomic E-state index is -2.95. The quantitative estimate of drug-likeness (QED) is 0.297. The smallest absolute Gasteiger partial charge is 0.191 e. The zero-order valence-corrected chi connectivity index (χ0v) is 19.7. The summed E-state index contributed by atoms with van der Waals surface area (Å²) in [5.74, 6) is 1.61. The molecule has 6 nitrogen and oxygen atoms in total. The van der Waals surface area contributed by atoms with Crippen molar-refractivity contribution in [3.05, 3.63) is 28.2 Å². The molecule has 1 unspecified atom stereocenters. The highest BCUT2D eigenvalue weighted by Crippen LogP contribution is 2.25. The summed E-state index contributed by atoms with van der Waals surface area (Å²) >= 11 is 3.46. The Labute approximate surface area is 176 Å². The fourth-order valence-electron chi connectivity index (χ4n) is 2.00. The van der Waals surface area contributed by atoms with Gasteiger partial charge in [-0.2, -0.15) is 0 Å². The van der Waals surface area contributed by atoms with Crippen LogP contribution in [0.3, 0.4) is 0 Å².